The molecule has 0 saturated carbocycles. The Bertz CT molecular complexity index is 1320. The number of carbonyl (C=O) groups is 1. The van der Waals surface area contributed by atoms with Crippen molar-refractivity contribution in [2.75, 3.05) is 13.1 Å². The van der Waals surface area contributed by atoms with Gasteiger partial charge in [0.1, 0.15) is 11.2 Å². The first-order chi connectivity index (χ1) is 17.8. The molecule has 4 rings (SSSR count). The molecule has 1 atom stereocenters. The molecule has 0 bridgehead atoms. The molecule has 0 aromatic heterocycles. The summed E-state index contributed by atoms with van der Waals surface area (Å²) in [6, 6.07) is 6.64. The summed E-state index contributed by atoms with van der Waals surface area (Å²) in [6.07, 6.45) is -11.8. The van der Waals surface area contributed by atoms with Gasteiger partial charge in [0.25, 0.3) is 5.60 Å². The summed E-state index contributed by atoms with van der Waals surface area (Å²) in [5.74, 6) is 0. The van der Waals surface area contributed by atoms with Gasteiger partial charge in [0.2, 0.25) is 0 Å². The van der Waals surface area contributed by atoms with Gasteiger partial charge in [-0.15, -0.1) is 0 Å². The van der Waals surface area contributed by atoms with Crippen molar-refractivity contribution in [3.63, 3.8) is 0 Å². The Morgan fingerprint density at radius 2 is 1.62 bits per heavy atom. The van der Waals surface area contributed by atoms with Gasteiger partial charge in [-0.25, -0.2) is 4.79 Å². The average molecular weight is 599 g/mol. The molecule has 39 heavy (non-hydrogen) atoms. The van der Waals surface area contributed by atoms with Crippen molar-refractivity contribution >= 4 is 35.0 Å². The summed E-state index contributed by atoms with van der Waals surface area (Å²) >= 11 is 11.4. The topological polar surface area (TPSA) is 71.4 Å². The fourth-order valence-electron chi connectivity index (χ4n) is 4.28. The minimum absolute atomic E-state index is 0.0542. The lowest BCUT2D eigenvalue weighted by atomic mass is 9.84. The number of benzene rings is 2. The van der Waals surface area contributed by atoms with E-state index >= 15 is 0 Å². The van der Waals surface area contributed by atoms with Crippen LogP contribution in [0.5, 0.6) is 0 Å². The van der Waals surface area contributed by atoms with Gasteiger partial charge in [-0.3, -0.25) is 0 Å². The number of rotatable bonds is 3. The van der Waals surface area contributed by atoms with E-state index < -0.39 is 62.8 Å². The first-order valence-corrected chi connectivity index (χ1v) is 12.2. The molecule has 212 valence electrons. The molecule has 6 nitrogen and oxygen atoms in total. The van der Waals surface area contributed by atoms with Gasteiger partial charge in [0, 0.05) is 12.0 Å². The fourth-order valence-corrected chi connectivity index (χ4v) is 4.72. The second kappa shape index (κ2) is 9.45. The van der Waals surface area contributed by atoms with Crippen molar-refractivity contribution in [1.29, 1.82) is 0 Å². The SMILES string of the molecule is CC(C)(C)OC(=O)N1CC(O)(c2ccc(C3=NO[C@@](c4cc(Cl)c(Cl)c(C(F)(F)F)c4)(C(F)(F)F)C3)cc2)C1. The number of carbonyl (C=O) groups excluding carboxylic acids is 1. The third-order valence-electron chi connectivity index (χ3n) is 6.30. The summed E-state index contributed by atoms with van der Waals surface area (Å²) in [5, 5.41) is 12.8. The molecule has 2 aromatic carbocycles. The van der Waals surface area contributed by atoms with Crippen molar-refractivity contribution in [2.24, 2.45) is 5.16 Å². The van der Waals surface area contributed by atoms with Gasteiger partial charge in [-0.05, 0) is 44.0 Å². The van der Waals surface area contributed by atoms with Crippen LogP contribution in [0.4, 0.5) is 31.1 Å². The van der Waals surface area contributed by atoms with Crippen LogP contribution in [0.3, 0.4) is 0 Å². The van der Waals surface area contributed by atoms with E-state index in [4.69, 9.17) is 32.8 Å². The molecule has 2 aliphatic rings. The second-order valence-corrected chi connectivity index (χ2v) is 11.2. The highest BCUT2D eigenvalue weighted by Gasteiger charge is 2.63. The Labute approximate surface area is 229 Å². The van der Waals surface area contributed by atoms with Crippen molar-refractivity contribution in [3.8, 4) is 0 Å². The maximum atomic E-state index is 14.3. The minimum Gasteiger partial charge on any atom is -0.444 e. The number of β-amino-alcohol motifs (C(OH)–C–C–N with tert-alkyl or cyclic N) is 1. The predicted molar refractivity (Wildman–Crippen MR) is 130 cm³/mol. The van der Waals surface area contributed by atoms with Crippen molar-refractivity contribution in [3.05, 3.63) is 68.7 Å². The fraction of sp³-hybridized carbons (Fsp3) is 0.440. The quantitative estimate of drug-likeness (QED) is 0.385. The van der Waals surface area contributed by atoms with Gasteiger partial charge in [-0.1, -0.05) is 52.6 Å². The lowest BCUT2D eigenvalue weighted by molar-refractivity contribution is -0.276. The van der Waals surface area contributed by atoms with Gasteiger partial charge >= 0.3 is 18.4 Å². The van der Waals surface area contributed by atoms with Gasteiger partial charge < -0.3 is 19.6 Å². The molecule has 0 radical (unpaired) electrons. The van der Waals surface area contributed by atoms with E-state index in [1.165, 1.54) is 29.2 Å². The highest BCUT2D eigenvalue weighted by atomic mass is 35.5. The first-order valence-electron chi connectivity index (χ1n) is 11.5. The third kappa shape index (κ3) is 5.51. The minimum atomic E-state index is -5.18. The third-order valence-corrected chi connectivity index (χ3v) is 7.10. The smallest absolute Gasteiger partial charge is 0.435 e. The first kappa shape index (κ1) is 29.3. The highest BCUT2D eigenvalue weighted by molar-refractivity contribution is 6.42. The van der Waals surface area contributed by atoms with E-state index in [-0.39, 0.29) is 30.4 Å². The standard InChI is InChI=1S/C25H22Cl2F6N2O4/c1-21(2,3)38-20(36)35-11-22(37,12-35)14-6-4-13(5-7-14)18-10-23(39-34-18,25(31,32)33)15-8-16(24(28,29)30)19(27)17(26)9-15/h4-9,37H,10-12H2,1-3H3/t23-/m0/s1. The number of likely N-dealkylation sites (tertiary alicyclic amines) is 1. The van der Waals surface area contributed by atoms with Crippen LogP contribution in [0.1, 0.15) is 49.4 Å². The van der Waals surface area contributed by atoms with Crippen LogP contribution in [-0.2, 0) is 27.0 Å². The monoisotopic (exact) mass is 598 g/mol. The van der Waals surface area contributed by atoms with Crippen molar-refractivity contribution in [1.82, 2.24) is 4.90 Å². The van der Waals surface area contributed by atoms with Crippen LogP contribution >= 0.6 is 23.2 Å². The molecule has 0 unspecified atom stereocenters. The van der Waals surface area contributed by atoms with E-state index in [1.54, 1.807) is 20.8 Å². The number of nitrogens with zero attached hydrogens (tertiary/aromatic N) is 2. The van der Waals surface area contributed by atoms with Crippen LogP contribution in [0.2, 0.25) is 10.0 Å². The Kier molecular flexibility index (Phi) is 7.09. The average Bonchev–Trinajstić information content (AvgIpc) is 3.24. The normalized spacial score (nSPS) is 21.2. The van der Waals surface area contributed by atoms with E-state index in [1.807, 2.05) is 0 Å². The summed E-state index contributed by atoms with van der Waals surface area (Å²) in [4.78, 5) is 18.3. The highest BCUT2D eigenvalue weighted by Crippen LogP contribution is 2.51. The zero-order valence-electron chi connectivity index (χ0n) is 20.7. The molecule has 1 fully saturated rings. The Hall–Kier alpha value is -2.70. The number of oxime groups is 1. The zero-order valence-corrected chi connectivity index (χ0v) is 22.2. The molecule has 1 N–H and O–H groups in total. The zero-order chi connectivity index (χ0) is 29.2. The van der Waals surface area contributed by atoms with Gasteiger partial charge in [0.15, 0.2) is 0 Å². The van der Waals surface area contributed by atoms with E-state index in [0.29, 0.717) is 11.6 Å². The molecule has 0 spiro atoms. The molecular formula is C25H22Cl2F6N2O4. The number of halogens is 8. The second-order valence-electron chi connectivity index (χ2n) is 10.4. The molecule has 0 aliphatic carbocycles. The summed E-state index contributed by atoms with van der Waals surface area (Å²) in [6.45, 7) is 5.00. The summed E-state index contributed by atoms with van der Waals surface area (Å²) < 4.78 is 88.4. The van der Waals surface area contributed by atoms with Crippen molar-refractivity contribution in [2.45, 2.75) is 56.3 Å². The Morgan fingerprint density at radius 1 is 1.03 bits per heavy atom. The van der Waals surface area contributed by atoms with Gasteiger partial charge in [-0.2, -0.15) is 26.3 Å². The number of aliphatic hydroxyl groups is 1. The lowest BCUT2D eigenvalue weighted by Crippen LogP contribution is -2.61. The molecule has 2 aromatic rings. The lowest BCUT2D eigenvalue weighted by Gasteiger charge is -2.46. The molecular weight excluding hydrogens is 577 g/mol. The summed E-state index contributed by atoms with van der Waals surface area (Å²) in [5.41, 5.74) is -7.39. The van der Waals surface area contributed by atoms with Crippen LogP contribution < -0.4 is 0 Å². The van der Waals surface area contributed by atoms with E-state index in [9.17, 15) is 36.2 Å². The maximum absolute atomic E-state index is 14.3. The molecule has 2 heterocycles. The van der Waals surface area contributed by atoms with Crippen LogP contribution in [0.25, 0.3) is 0 Å². The van der Waals surface area contributed by atoms with E-state index in [2.05, 4.69) is 5.16 Å². The van der Waals surface area contributed by atoms with Crippen LogP contribution in [0, 0.1) is 0 Å². The van der Waals surface area contributed by atoms with Crippen LogP contribution in [-0.4, -0.2) is 46.7 Å². The number of alkyl halides is 6. The molecule has 1 amide bonds. The molecule has 1 saturated heterocycles. The molecule has 2 aliphatic heterocycles. The number of amides is 1. The number of hydrogen-bond donors (Lipinski definition) is 1. The van der Waals surface area contributed by atoms with Gasteiger partial charge in [0.05, 0.1) is 34.4 Å². The predicted octanol–water partition coefficient (Wildman–Crippen LogP) is 7.03. The number of hydrogen-bond acceptors (Lipinski definition) is 5. The largest absolute Gasteiger partial charge is 0.444 e. The van der Waals surface area contributed by atoms with Crippen molar-refractivity contribution < 1.29 is 45.8 Å². The van der Waals surface area contributed by atoms with Crippen LogP contribution in [0.15, 0.2) is 41.6 Å². The number of ether oxygens (including phenoxy) is 1. The van der Waals surface area contributed by atoms with E-state index in [0.717, 1.165) is 0 Å². The Morgan fingerprint density at radius 3 is 2.13 bits per heavy atom. The Balaban J connectivity index is 1.56. The molecule has 14 heteroatoms. The maximum Gasteiger partial charge on any atom is 0.435 e. The summed E-state index contributed by atoms with van der Waals surface area (Å²) in [7, 11) is 0.